The predicted octanol–water partition coefficient (Wildman–Crippen LogP) is 4.80. The summed E-state index contributed by atoms with van der Waals surface area (Å²) in [6.45, 7) is 1.83. The summed E-state index contributed by atoms with van der Waals surface area (Å²) < 4.78 is 32.0. The molecule has 1 atom stereocenters. The summed E-state index contributed by atoms with van der Waals surface area (Å²) in [5, 5.41) is 3.28. The molecule has 2 aromatic rings. The summed E-state index contributed by atoms with van der Waals surface area (Å²) in [6.07, 6.45) is 0. The number of hydrogen-bond acceptors (Lipinski definition) is 2. The molecule has 5 heteroatoms. The number of nitrogens with one attached hydrogen (secondary N) is 1. The molecule has 0 aliphatic rings. The first-order valence-electron chi connectivity index (χ1n) is 6.07. The van der Waals surface area contributed by atoms with Crippen LogP contribution in [0.2, 0.25) is 5.02 Å². The van der Waals surface area contributed by atoms with Crippen LogP contribution in [-0.4, -0.2) is 7.11 Å². The van der Waals surface area contributed by atoms with Crippen molar-refractivity contribution in [1.29, 1.82) is 0 Å². The van der Waals surface area contributed by atoms with E-state index in [1.54, 1.807) is 18.2 Å². The Bertz CT molecular complexity index is 599. The van der Waals surface area contributed by atoms with Crippen molar-refractivity contribution in [2.24, 2.45) is 0 Å². The zero-order valence-electron chi connectivity index (χ0n) is 11.1. The van der Waals surface area contributed by atoms with Crippen LogP contribution in [0, 0.1) is 11.6 Å². The van der Waals surface area contributed by atoms with E-state index >= 15 is 0 Å². The summed E-state index contributed by atoms with van der Waals surface area (Å²) >= 11 is 5.96. The fraction of sp³-hybridized carbons (Fsp3) is 0.200. The third kappa shape index (κ3) is 3.02. The van der Waals surface area contributed by atoms with E-state index in [1.165, 1.54) is 25.3 Å². The van der Waals surface area contributed by atoms with Gasteiger partial charge in [0, 0.05) is 6.04 Å². The molecule has 0 radical (unpaired) electrons. The van der Waals surface area contributed by atoms with Crippen molar-refractivity contribution in [2.75, 3.05) is 12.4 Å². The van der Waals surface area contributed by atoms with Gasteiger partial charge >= 0.3 is 0 Å². The molecule has 0 fully saturated rings. The highest BCUT2D eigenvalue weighted by molar-refractivity contribution is 6.33. The smallest absolute Gasteiger partial charge is 0.165 e. The lowest BCUT2D eigenvalue weighted by molar-refractivity contribution is 0.385. The summed E-state index contributed by atoms with van der Waals surface area (Å²) in [7, 11) is 1.40. The summed E-state index contributed by atoms with van der Waals surface area (Å²) in [6, 6.07) is 8.71. The SMILES string of the molecule is COc1cc(C(C)Nc2c(F)cccc2Cl)ccc1F. The second-order valence-electron chi connectivity index (χ2n) is 4.36. The molecule has 0 saturated carbocycles. The molecule has 0 bridgehead atoms. The molecule has 2 aromatic carbocycles. The van der Waals surface area contributed by atoms with Crippen LogP contribution in [-0.2, 0) is 0 Å². The van der Waals surface area contributed by atoms with Gasteiger partial charge in [0.15, 0.2) is 11.6 Å². The highest BCUT2D eigenvalue weighted by atomic mass is 35.5. The molecule has 2 rings (SSSR count). The van der Waals surface area contributed by atoms with Crippen molar-refractivity contribution in [3.63, 3.8) is 0 Å². The highest BCUT2D eigenvalue weighted by Gasteiger charge is 2.13. The molecule has 0 saturated heterocycles. The van der Waals surface area contributed by atoms with Gasteiger partial charge in [-0.25, -0.2) is 8.78 Å². The average Bonchev–Trinajstić information content (AvgIpc) is 2.43. The standard InChI is InChI=1S/C15H14ClF2NO/c1-9(10-6-7-12(17)14(8-10)20-2)19-15-11(16)4-3-5-13(15)18/h3-9,19H,1-2H3. The number of halogens is 3. The average molecular weight is 298 g/mol. The van der Waals surface area contributed by atoms with Crippen LogP contribution in [0.15, 0.2) is 36.4 Å². The van der Waals surface area contributed by atoms with Gasteiger partial charge in [0.1, 0.15) is 5.82 Å². The molecule has 0 aliphatic heterocycles. The number of ether oxygens (including phenoxy) is 1. The van der Waals surface area contributed by atoms with Crippen molar-refractivity contribution < 1.29 is 13.5 Å². The Hall–Kier alpha value is -1.81. The Balaban J connectivity index is 2.26. The molecule has 20 heavy (non-hydrogen) atoms. The summed E-state index contributed by atoms with van der Waals surface area (Å²) in [5.41, 5.74) is 0.993. The van der Waals surface area contributed by atoms with Crippen molar-refractivity contribution in [3.05, 3.63) is 58.6 Å². The fourth-order valence-corrected chi connectivity index (χ4v) is 2.10. The maximum absolute atomic E-state index is 13.7. The Morgan fingerprint density at radius 1 is 1.15 bits per heavy atom. The van der Waals surface area contributed by atoms with Crippen LogP contribution < -0.4 is 10.1 Å². The molecule has 0 heterocycles. The maximum Gasteiger partial charge on any atom is 0.165 e. The molecule has 0 amide bonds. The van der Waals surface area contributed by atoms with Gasteiger partial charge < -0.3 is 10.1 Å². The Kier molecular flexibility index (Phi) is 4.45. The molecule has 0 aliphatic carbocycles. The van der Waals surface area contributed by atoms with E-state index < -0.39 is 11.6 Å². The van der Waals surface area contributed by atoms with E-state index in [0.717, 1.165) is 5.56 Å². The van der Waals surface area contributed by atoms with E-state index in [2.05, 4.69) is 5.32 Å². The van der Waals surface area contributed by atoms with Gasteiger partial charge in [-0.15, -0.1) is 0 Å². The zero-order chi connectivity index (χ0) is 14.7. The first-order chi connectivity index (χ1) is 9.52. The lowest BCUT2D eigenvalue weighted by Crippen LogP contribution is -2.09. The third-order valence-electron chi connectivity index (χ3n) is 3.00. The van der Waals surface area contributed by atoms with E-state index in [-0.39, 0.29) is 17.5 Å². The third-order valence-corrected chi connectivity index (χ3v) is 3.31. The van der Waals surface area contributed by atoms with Crippen molar-refractivity contribution in [2.45, 2.75) is 13.0 Å². The van der Waals surface area contributed by atoms with Crippen LogP contribution in [0.3, 0.4) is 0 Å². The van der Waals surface area contributed by atoms with Crippen LogP contribution in [0.1, 0.15) is 18.5 Å². The molecular formula is C15H14ClF2NO. The van der Waals surface area contributed by atoms with Crippen LogP contribution in [0.5, 0.6) is 5.75 Å². The van der Waals surface area contributed by atoms with Gasteiger partial charge in [-0.3, -0.25) is 0 Å². The normalized spacial score (nSPS) is 12.1. The number of para-hydroxylation sites is 1. The molecule has 1 unspecified atom stereocenters. The topological polar surface area (TPSA) is 21.3 Å². The number of hydrogen-bond donors (Lipinski definition) is 1. The molecule has 0 aromatic heterocycles. The van der Waals surface area contributed by atoms with E-state index in [9.17, 15) is 8.78 Å². The number of rotatable bonds is 4. The van der Waals surface area contributed by atoms with E-state index in [0.29, 0.717) is 5.02 Å². The van der Waals surface area contributed by atoms with Gasteiger partial charge in [-0.2, -0.15) is 0 Å². The molecule has 2 nitrogen and oxygen atoms in total. The number of anilines is 1. The Labute approximate surface area is 121 Å². The fourth-order valence-electron chi connectivity index (χ4n) is 1.88. The van der Waals surface area contributed by atoms with Crippen molar-refractivity contribution in [1.82, 2.24) is 0 Å². The predicted molar refractivity (Wildman–Crippen MR) is 76.4 cm³/mol. The lowest BCUT2D eigenvalue weighted by atomic mass is 10.1. The van der Waals surface area contributed by atoms with Crippen LogP contribution >= 0.6 is 11.6 Å². The second-order valence-corrected chi connectivity index (χ2v) is 4.76. The largest absolute Gasteiger partial charge is 0.494 e. The minimum absolute atomic E-state index is 0.149. The van der Waals surface area contributed by atoms with Gasteiger partial charge in [-0.05, 0) is 36.8 Å². The Morgan fingerprint density at radius 3 is 2.55 bits per heavy atom. The zero-order valence-corrected chi connectivity index (χ0v) is 11.8. The maximum atomic E-state index is 13.7. The minimum Gasteiger partial charge on any atom is -0.494 e. The van der Waals surface area contributed by atoms with E-state index in [4.69, 9.17) is 16.3 Å². The first kappa shape index (κ1) is 14.6. The molecule has 1 N–H and O–H groups in total. The second kappa shape index (κ2) is 6.09. The number of benzene rings is 2. The first-order valence-corrected chi connectivity index (χ1v) is 6.44. The lowest BCUT2D eigenvalue weighted by Gasteiger charge is -2.18. The van der Waals surface area contributed by atoms with Gasteiger partial charge in [0.05, 0.1) is 17.8 Å². The minimum atomic E-state index is -0.438. The van der Waals surface area contributed by atoms with Crippen molar-refractivity contribution >= 4 is 17.3 Å². The van der Waals surface area contributed by atoms with Gasteiger partial charge in [-0.1, -0.05) is 23.7 Å². The Morgan fingerprint density at radius 2 is 1.90 bits per heavy atom. The molecule has 106 valence electrons. The monoisotopic (exact) mass is 297 g/mol. The molecular weight excluding hydrogens is 284 g/mol. The van der Waals surface area contributed by atoms with Crippen LogP contribution in [0.4, 0.5) is 14.5 Å². The highest BCUT2D eigenvalue weighted by Crippen LogP contribution is 2.30. The van der Waals surface area contributed by atoms with E-state index in [1.807, 2.05) is 6.92 Å². The van der Waals surface area contributed by atoms with Crippen molar-refractivity contribution in [3.8, 4) is 5.75 Å². The van der Waals surface area contributed by atoms with Gasteiger partial charge in [0.2, 0.25) is 0 Å². The molecule has 0 spiro atoms. The van der Waals surface area contributed by atoms with Crippen LogP contribution in [0.25, 0.3) is 0 Å². The number of methoxy groups -OCH3 is 1. The summed E-state index contributed by atoms with van der Waals surface area (Å²) in [4.78, 5) is 0. The quantitative estimate of drug-likeness (QED) is 0.875. The van der Waals surface area contributed by atoms with Gasteiger partial charge in [0.25, 0.3) is 0 Å². The summed E-state index contributed by atoms with van der Waals surface area (Å²) in [5.74, 6) is -0.721.